The molecule has 0 heterocycles. The van der Waals surface area contributed by atoms with Gasteiger partial charge in [-0.1, -0.05) is 0 Å². The van der Waals surface area contributed by atoms with Crippen LogP contribution in [0.25, 0.3) is 0 Å². The Morgan fingerprint density at radius 1 is 0.652 bits per heavy atom. The van der Waals surface area contributed by atoms with Gasteiger partial charge in [0.2, 0.25) is 0 Å². The van der Waals surface area contributed by atoms with E-state index >= 15 is 0 Å². The molecule has 0 aliphatic heterocycles. The predicted molar refractivity (Wildman–Crippen MR) is 43.0 cm³/mol. The molecule has 0 bridgehead atoms. The molecule has 0 rings (SSSR count). The van der Waals surface area contributed by atoms with Gasteiger partial charge < -0.3 is 5.11 Å². The van der Waals surface area contributed by atoms with Gasteiger partial charge in [-0.3, -0.25) is 0 Å². The molecule has 0 aromatic rings. The van der Waals surface area contributed by atoms with Crippen molar-refractivity contribution in [3.05, 3.63) is 0 Å². The van der Waals surface area contributed by atoms with Gasteiger partial charge in [0.1, 0.15) is 6.42 Å². The first-order valence-corrected chi connectivity index (χ1v) is 4.84. The number of carbonyl (C=O) groups is 1. The summed E-state index contributed by atoms with van der Waals surface area (Å²) in [5.41, 5.74) is 0. The predicted octanol–water partition coefficient (Wildman–Crippen LogP) is 4.20. The summed E-state index contributed by atoms with van der Waals surface area (Å²) in [5, 5.41) is 7.62. The molecule has 0 saturated heterocycles. The highest BCUT2D eigenvalue weighted by Crippen LogP contribution is 2.58. The third-order valence-corrected chi connectivity index (χ3v) is 2.33. The number of aliphatic carboxylic acids is 1. The van der Waals surface area contributed by atoms with Crippen LogP contribution in [0.1, 0.15) is 6.42 Å². The summed E-state index contributed by atoms with van der Waals surface area (Å²) in [5.74, 6) is -41.1. The summed E-state index contributed by atoms with van der Waals surface area (Å²) in [4.78, 5) is 9.74. The number of carboxylic acid groups (broad SMARTS) is 1. The minimum atomic E-state index is -7.84. The highest BCUT2D eigenvalue weighted by molar-refractivity contribution is 5.77. The second-order valence-corrected chi connectivity index (χ2v) is 4.10. The van der Waals surface area contributed by atoms with Crippen molar-refractivity contribution in [3.63, 3.8) is 0 Å². The molecular weight excluding hydrogens is 375 g/mol. The molecule has 0 spiro atoms. The molecule has 0 unspecified atom stereocenters. The number of hydrogen-bond donors (Lipinski definition) is 1. The number of alkyl halides is 13. The normalized spacial score (nSPS) is 15.7. The van der Waals surface area contributed by atoms with E-state index in [1.165, 1.54) is 0 Å². The van der Waals surface area contributed by atoms with E-state index < -0.39 is 48.2 Å². The van der Waals surface area contributed by atoms with E-state index in [-0.39, 0.29) is 0 Å². The van der Waals surface area contributed by atoms with Crippen LogP contribution in [0.15, 0.2) is 0 Å². The number of carboxylic acids is 1. The zero-order valence-corrected chi connectivity index (χ0v) is 9.98. The molecule has 138 valence electrons. The Labute approximate surface area is 116 Å². The highest BCUT2D eigenvalue weighted by atomic mass is 19.4. The fraction of sp³-hybridized carbons (Fsp3) is 0.875. The van der Waals surface area contributed by atoms with E-state index in [1.807, 2.05) is 0 Å². The van der Waals surface area contributed by atoms with E-state index in [2.05, 4.69) is 0 Å². The Balaban J connectivity index is 6.12. The van der Waals surface area contributed by atoms with Gasteiger partial charge in [0, 0.05) is 0 Å². The van der Waals surface area contributed by atoms with Crippen molar-refractivity contribution in [2.75, 3.05) is 0 Å². The van der Waals surface area contributed by atoms with Crippen molar-refractivity contribution in [1.82, 2.24) is 0 Å². The molecule has 15 heteroatoms. The molecule has 23 heavy (non-hydrogen) atoms. The summed E-state index contributed by atoms with van der Waals surface area (Å²) < 4.78 is 162. The SMILES string of the molecule is O=C(O)C(F)(F)C(F)(F)C(F)(F)C(F)(F)C(F)(F)CC(F)(F)F. The standard InChI is InChI=1S/C8H3F13O2/c9-3(10,1-4(11,12)13)6(16,17)8(20,21)7(18,19)5(14,15)2(22)23/h1H2,(H,22,23). The third kappa shape index (κ3) is 3.27. The van der Waals surface area contributed by atoms with E-state index in [9.17, 15) is 61.9 Å². The van der Waals surface area contributed by atoms with Crippen LogP contribution in [0, 0.1) is 0 Å². The molecular formula is C8H3F13O2. The minimum absolute atomic E-state index is 4.04. The molecule has 2 nitrogen and oxygen atoms in total. The van der Waals surface area contributed by atoms with Gasteiger partial charge in [0.15, 0.2) is 0 Å². The van der Waals surface area contributed by atoms with Crippen molar-refractivity contribution in [2.24, 2.45) is 0 Å². The maximum atomic E-state index is 12.8. The monoisotopic (exact) mass is 378 g/mol. The zero-order valence-electron chi connectivity index (χ0n) is 9.98. The fourth-order valence-corrected chi connectivity index (χ4v) is 1.12. The number of halogens is 13. The van der Waals surface area contributed by atoms with Crippen molar-refractivity contribution in [1.29, 1.82) is 0 Å². The van der Waals surface area contributed by atoms with Gasteiger partial charge >= 0.3 is 41.8 Å². The Morgan fingerprint density at radius 2 is 1.00 bits per heavy atom. The summed E-state index contributed by atoms with van der Waals surface area (Å²) >= 11 is 0. The summed E-state index contributed by atoms with van der Waals surface area (Å²) in [6.07, 6.45) is -10.3. The topological polar surface area (TPSA) is 37.3 Å². The molecule has 0 fully saturated rings. The minimum Gasteiger partial charge on any atom is -0.477 e. The van der Waals surface area contributed by atoms with E-state index in [0.717, 1.165) is 0 Å². The molecule has 0 atom stereocenters. The van der Waals surface area contributed by atoms with Gasteiger partial charge in [-0.15, -0.1) is 0 Å². The van der Waals surface area contributed by atoms with E-state index in [0.29, 0.717) is 0 Å². The molecule has 0 saturated carbocycles. The number of rotatable bonds is 6. The molecule has 1 N–H and O–H groups in total. The zero-order chi connectivity index (χ0) is 19.3. The van der Waals surface area contributed by atoms with E-state index in [4.69, 9.17) is 5.11 Å². The van der Waals surface area contributed by atoms with Crippen molar-refractivity contribution in [3.8, 4) is 0 Å². The number of hydrogen-bond acceptors (Lipinski definition) is 1. The second kappa shape index (κ2) is 5.29. The van der Waals surface area contributed by atoms with Gasteiger partial charge in [-0.2, -0.15) is 57.1 Å². The van der Waals surface area contributed by atoms with Gasteiger partial charge in [-0.05, 0) is 0 Å². The molecule has 0 aliphatic rings. The second-order valence-electron chi connectivity index (χ2n) is 4.10. The molecule has 0 aromatic carbocycles. The average molecular weight is 378 g/mol. The maximum absolute atomic E-state index is 12.8. The van der Waals surface area contributed by atoms with Gasteiger partial charge in [-0.25, -0.2) is 4.79 Å². The van der Waals surface area contributed by atoms with Crippen LogP contribution in [-0.2, 0) is 4.79 Å². The largest absolute Gasteiger partial charge is 0.477 e. The first-order valence-electron chi connectivity index (χ1n) is 4.84. The van der Waals surface area contributed by atoms with Crippen LogP contribution < -0.4 is 0 Å². The Morgan fingerprint density at radius 3 is 1.26 bits per heavy atom. The Kier molecular flexibility index (Phi) is 4.96. The lowest BCUT2D eigenvalue weighted by Crippen LogP contribution is -2.69. The molecule has 0 amide bonds. The average Bonchev–Trinajstić information content (AvgIpc) is 2.24. The maximum Gasteiger partial charge on any atom is 0.410 e. The van der Waals surface area contributed by atoms with Gasteiger partial charge in [0.25, 0.3) is 0 Å². The lowest BCUT2D eigenvalue weighted by molar-refractivity contribution is -0.403. The quantitative estimate of drug-likeness (QED) is 0.704. The first-order chi connectivity index (χ1) is 9.65. The summed E-state index contributed by atoms with van der Waals surface area (Å²) in [6, 6.07) is 0. The Bertz CT molecular complexity index is 463. The third-order valence-electron chi connectivity index (χ3n) is 2.33. The van der Waals surface area contributed by atoms with Crippen molar-refractivity contribution < 1.29 is 67.0 Å². The van der Waals surface area contributed by atoms with Crippen molar-refractivity contribution in [2.45, 2.75) is 42.2 Å². The van der Waals surface area contributed by atoms with Crippen LogP contribution in [0.5, 0.6) is 0 Å². The molecule has 0 aromatic heterocycles. The summed E-state index contributed by atoms with van der Waals surface area (Å²) in [7, 11) is 0. The van der Waals surface area contributed by atoms with Crippen LogP contribution in [0.2, 0.25) is 0 Å². The first kappa shape index (κ1) is 21.6. The smallest absolute Gasteiger partial charge is 0.410 e. The van der Waals surface area contributed by atoms with Gasteiger partial charge in [0.05, 0.1) is 0 Å². The van der Waals surface area contributed by atoms with E-state index in [1.54, 1.807) is 0 Å². The highest BCUT2D eigenvalue weighted by Gasteiger charge is 2.88. The van der Waals surface area contributed by atoms with Crippen LogP contribution in [0.4, 0.5) is 57.1 Å². The summed E-state index contributed by atoms with van der Waals surface area (Å²) in [6.45, 7) is 0. The van der Waals surface area contributed by atoms with Crippen molar-refractivity contribution >= 4 is 5.97 Å². The van der Waals surface area contributed by atoms with Crippen LogP contribution >= 0.6 is 0 Å². The lowest BCUT2D eigenvalue weighted by Gasteiger charge is -2.38. The lowest BCUT2D eigenvalue weighted by atomic mass is 9.93. The molecule has 0 radical (unpaired) electrons. The van der Waals surface area contributed by atoms with Crippen LogP contribution in [-0.4, -0.2) is 46.9 Å². The Hall–Kier alpha value is -1.44. The van der Waals surface area contributed by atoms with Crippen LogP contribution in [0.3, 0.4) is 0 Å². The molecule has 0 aliphatic carbocycles. The fourth-order valence-electron chi connectivity index (χ4n) is 1.12.